The van der Waals surface area contributed by atoms with Gasteiger partial charge in [-0.05, 0) is 50.5 Å². The quantitative estimate of drug-likeness (QED) is 0.437. The number of benzene rings is 2. The molecule has 3 rings (SSSR count). The van der Waals surface area contributed by atoms with Crippen molar-refractivity contribution in [3.8, 4) is 0 Å². The predicted octanol–water partition coefficient (Wildman–Crippen LogP) is 5.68. The van der Waals surface area contributed by atoms with Crippen molar-refractivity contribution in [2.75, 3.05) is 32.1 Å². The van der Waals surface area contributed by atoms with Crippen LogP contribution in [0.2, 0.25) is 5.02 Å². The largest absolute Gasteiger partial charge is 0.308 e. The highest BCUT2D eigenvalue weighted by molar-refractivity contribution is 9.10. The molecule has 1 amide bonds. The van der Waals surface area contributed by atoms with Crippen LogP contribution in [0.15, 0.2) is 45.3 Å². The molecule has 0 aliphatic rings. The molecule has 8 heteroatoms. The minimum atomic E-state index is -0.156. The Morgan fingerprint density at radius 3 is 2.54 bits per heavy atom. The monoisotopic (exact) mass is 515 g/mol. The van der Waals surface area contributed by atoms with E-state index in [4.69, 9.17) is 11.6 Å². The third-order valence-corrected chi connectivity index (χ3v) is 6.10. The van der Waals surface area contributed by atoms with Gasteiger partial charge >= 0.3 is 0 Å². The van der Waals surface area contributed by atoms with Crippen LogP contribution in [-0.2, 0) is 0 Å². The van der Waals surface area contributed by atoms with Crippen LogP contribution in [0.5, 0.6) is 0 Å². The first-order valence-electron chi connectivity index (χ1n) is 7.83. The van der Waals surface area contributed by atoms with Crippen molar-refractivity contribution in [3.63, 3.8) is 0 Å². The maximum atomic E-state index is 13.2. The molecule has 0 N–H and O–H groups in total. The van der Waals surface area contributed by atoms with E-state index in [2.05, 4.69) is 36.8 Å². The molecule has 1 heterocycles. The fourth-order valence-corrected chi connectivity index (χ4v) is 4.49. The summed E-state index contributed by atoms with van der Waals surface area (Å²) < 4.78 is 2.82. The minimum absolute atomic E-state index is 0.156. The van der Waals surface area contributed by atoms with E-state index in [1.165, 1.54) is 11.3 Å². The van der Waals surface area contributed by atoms with Crippen molar-refractivity contribution in [3.05, 3.63) is 55.9 Å². The van der Waals surface area contributed by atoms with Gasteiger partial charge in [-0.3, -0.25) is 9.69 Å². The van der Waals surface area contributed by atoms with E-state index >= 15 is 0 Å². The highest BCUT2D eigenvalue weighted by atomic mass is 79.9. The lowest BCUT2D eigenvalue weighted by Gasteiger charge is -2.22. The molecule has 1 aromatic heterocycles. The molecule has 0 spiro atoms. The number of hydrogen-bond acceptors (Lipinski definition) is 4. The molecule has 0 unspecified atom stereocenters. The molecule has 26 heavy (non-hydrogen) atoms. The van der Waals surface area contributed by atoms with E-state index in [1.54, 1.807) is 17.0 Å². The first-order valence-corrected chi connectivity index (χ1v) is 10.6. The highest BCUT2D eigenvalue weighted by Gasteiger charge is 2.23. The molecular formula is C18H16Br2ClN3OS. The Morgan fingerprint density at radius 1 is 1.12 bits per heavy atom. The molecular weight excluding hydrogens is 502 g/mol. The summed E-state index contributed by atoms with van der Waals surface area (Å²) in [6.07, 6.45) is 0. The van der Waals surface area contributed by atoms with Crippen LogP contribution in [0.25, 0.3) is 10.2 Å². The van der Waals surface area contributed by atoms with Gasteiger partial charge in [0.05, 0.1) is 20.8 Å². The molecule has 0 aliphatic heterocycles. The van der Waals surface area contributed by atoms with Crippen LogP contribution in [0.3, 0.4) is 0 Å². The van der Waals surface area contributed by atoms with Gasteiger partial charge in [-0.1, -0.05) is 54.8 Å². The van der Waals surface area contributed by atoms with Crippen molar-refractivity contribution in [1.82, 2.24) is 9.88 Å². The average molecular weight is 518 g/mol. The molecule has 0 radical (unpaired) electrons. The van der Waals surface area contributed by atoms with Crippen molar-refractivity contribution < 1.29 is 4.79 Å². The number of carbonyl (C=O) groups excluding carboxylic acids is 1. The number of hydrogen-bond donors (Lipinski definition) is 0. The van der Waals surface area contributed by atoms with Gasteiger partial charge in [-0.15, -0.1) is 0 Å². The van der Waals surface area contributed by atoms with Crippen LogP contribution in [0.1, 0.15) is 10.4 Å². The first-order chi connectivity index (χ1) is 12.3. The Bertz CT molecular complexity index is 961. The van der Waals surface area contributed by atoms with E-state index in [9.17, 15) is 4.79 Å². The summed E-state index contributed by atoms with van der Waals surface area (Å²) >= 11 is 14.7. The van der Waals surface area contributed by atoms with Gasteiger partial charge < -0.3 is 4.90 Å². The molecule has 0 fully saturated rings. The molecule has 3 aromatic rings. The van der Waals surface area contributed by atoms with Gasteiger partial charge in [-0.2, -0.15) is 0 Å². The Hall–Kier alpha value is -0.990. The summed E-state index contributed by atoms with van der Waals surface area (Å²) in [5.41, 5.74) is 1.33. The number of aromatic nitrogens is 1. The molecule has 0 saturated heterocycles. The number of thiazole rings is 1. The number of amides is 1. The van der Waals surface area contributed by atoms with Gasteiger partial charge in [0, 0.05) is 22.0 Å². The lowest BCUT2D eigenvalue weighted by molar-refractivity contribution is 0.0985. The number of likely N-dealkylation sites (N-methyl/N-ethyl adjacent to an activating group) is 1. The summed E-state index contributed by atoms with van der Waals surface area (Å²) in [4.78, 5) is 21.6. The molecule has 0 bridgehead atoms. The fourth-order valence-electron chi connectivity index (χ4n) is 2.39. The summed E-state index contributed by atoms with van der Waals surface area (Å²) in [5.74, 6) is -0.156. The van der Waals surface area contributed by atoms with Crippen molar-refractivity contribution in [2.24, 2.45) is 0 Å². The van der Waals surface area contributed by atoms with Crippen molar-refractivity contribution in [1.29, 1.82) is 0 Å². The Kier molecular flexibility index (Phi) is 6.35. The van der Waals surface area contributed by atoms with Crippen LogP contribution in [0, 0.1) is 0 Å². The average Bonchev–Trinajstić information content (AvgIpc) is 2.99. The molecule has 0 aliphatic carbocycles. The van der Waals surface area contributed by atoms with Crippen LogP contribution >= 0.6 is 54.8 Å². The number of halogens is 3. The third-order valence-electron chi connectivity index (χ3n) is 3.74. The molecule has 2 aromatic carbocycles. The normalized spacial score (nSPS) is 11.3. The minimum Gasteiger partial charge on any atom is -0.308 e. The standard InChI is InChI=1S/C18H16Br2ClN3OS/c1-23(2)7-8-24(17(25)13-9-11(19)3-5-14(13)21)18-22-15-6-4-12(20)10-16(15)26-18/h3-6,9-10H,7-8H2,1-2H3. The van der Waals surface area contributed by atoms with Crippen LogP contribution < -0.4 is 4.90 Å². The molecule has 4 nitrogen and oxygen atoms in total. The molecule has 136 valence electrons. The molecule has 0 saturated carbocycles. The van der Waals surface area contributed by atoms with E-state index in [1.807, 2.05) is 43.3 Å². The van der Waals surface area contributed by atoms with Crippen LogP contribution in [-0.4, -0.2) is 43.0 Å². The van der Waals surface area contributed by atoms with Gasteiger partial charge in [0.25, 0.3) is 5.91 Å². The summed E-state index contributed by atoms with van der Waals surface area (Å²) in [6.45, 7) is 1.24. The predicted molar refractivity (Wildman–Crippen MR) is 117 cm³/mol. The number of anilines is 1. The van der Waals surface area contributed by atoms with Crippen LogP contribution in [0.4, 0.5) is 5.13 Å². The lowest BCUT2D eigenvalue weighted by atomic mass is 10.2. The maximum Gasteiger partial charge on any atom is 0.261 e. The second-order valence-corrected chi connectivity index (χ2v) is 9.24. The topological polar surface area (TPSA) is 36.4 Å². The second-order valence-electron chi connectivity index (χ2n) is 5.99. The number of rotatable bonds is 5. The molecule has 0 atom stereocenters. The SMILES string of the molecule is CN(C)CCN(C(=O)c1cc(Br)ccc1Cl)c1nc2ccc(Br)cc2s1. The number of carbonyl (C=O) groups is 1. The van der Waals surface area contributed by atoms with Gasteiger partial charge in [0.2, 0.25) is 0 Å². The first kappa shape index (κ1) is 19.8. The highest BCUT2D eigenvalue weighted by Crippen LogP contribution is 2.32. The second kappa shape index (κ2) is 8.35. The van der Waals surface area contributed by atoms with Crippen molar-refractivity contribution >= 4 is 76.1 Å². The summed E-state index contributed by atoms with van der Waals surface area (Å²) in [5, 5.41) is 1.10. The van der Waals surface area contributed by atoms with E-state index < -0.39 is 0 Å². The van der Waals surface area contributed by atoms with E-state index in [0.29, 0.717) is 22.3 Å². The van der Waals surface area contributed by atoms with Gasteiger partial charge in [0.15, 0.2) is 5.13 Å². The zero-order chi connectivity index (χ0) is 18.8. The Morgan fingerprint density at radius 2 is 1.81 bits per heavy atom. The van der Waals surface area contributed by atoms with E-state index in [0.717, 1.165) is 25.7 Å². The fraction of sp³-hybridized carbons (Fsp3) is 0.222. The lowest BCUT2D eigenvalue weighted by Crippen LogP contribution is -2.36. The zero-order valence-electron chi connectivity index (χ0n) is 14.2. The van der Waals surface area contributed by atoms with Gasteiger partial charge in [0.1, 0.15) is 0 Å². The Balaban J connectivity index is 2.03. The number of fused-ring (bicyclic) bond motifs is 1. The maximum absolute atomic E-state index is 13.2. The number of nitrogens with zero attached hydrogens (tertiary/aromatic N) is 3. The smallest absolute Gasteiger partial charge is 0.261 e. The zero-order valence-corrected chi connectivity index (χ0v) is 18.9. The van der Waals surface area contributed by atoms with Crippen molar-refractivity contribution in [2.45, 2.75) is 0 Å². The van der Waals surface area contributed by atoms with Gasteiger partial charge in [-0.25, -0.2) is 4.98 Å². The van der Waals surface area contributed by atoms with E-state index in [-0.39, 0.29) is 5.91 Å². The summed E-state index contributed by atoms with van der Waals surface area (Å²) in [6, 6.07) is 11.2. The summed E-state index contributed by atoms with van der Waals surface area (Å²) in [7, 11) is 3.95. The third kappa shape index (κ3) is 4.46. The Labute approximate surface area is 178 Å².